The summed E-state index contributed by atoms with van der Waals surface area (Å²) < 4.78 is 5.51. The average molecular weight is 319 g/mol. The lowest BCUT2D eigenvalue weighted by atomic mass is 9.90. The van der Waals surface area contributed by atoms with E-state index < -0.39 is 11.4 Å². The van der Waals surface area contributed by atoms with Gasteiger partial charge in [-0.15, -0.1) is 0 Å². The zero-order chi connectivity index (χ0) is 17.8. The average Bonchev–Trinajstić information content (AvgIpc) is 2.42. The lowest BCUT2D eigenvalue weighted by Gasteiger charge is -2.20. The monoisotopic (exact) mass is 319 g/mol. The normalized spacial score (nSPS) is 11.7. The minimum atomic E-state index is -0.527. The van der Waals surface area contributed by atoms with Crippen LogP contribution >= 0.6 is 0 Å². The van der Waals surface area contributed by atoms with Gasteiger partial charge < -0.3 is 10.1 Å². The van der Waals surface area contributed by atoms with Crippen LogP contribution in [-0.2, 0) is 9.59 Å². The minimum Gasteiger partial charge on any atom is -0.425 e. The summed E-state index contributed by atoms with van der Waals surface area (Å²) in [5.74, 6) is 0.563. The summed E-state index contributed by atoms with van der Waals surface area (Å²) in [7, 11) is 0. The number of amides is 1. The Hall–Kier alpha value is -1.84. The molecule has 1 aromatic rings. The molecule has 0 saturated heterocycles. The van der Waals surface area contributed by atoms with Gasteiger partial charge in [-0.25, -0.2) is 4.79 Å². The molecule has 0 unspecified atom stereocenters. The fourth-order valence-corrected chi connectivity index (χ4v) is 2.35. The van der Waals surface area contributed by atoms with Crippen molar-refractivity contribution in [3.63, 3.8) is 0 Å². The van der Waals surface area contributed by atoms with E-state index in [4.69, 9.17) is 4.74 Å². The summed E-state index contributed by atoms with van der Waals surface area (Å²) >= 11 is 0. The summed E-state index contributed by atoms with van der Waals surface area (Å²) in [6.45, 7) is 13.7. The molecule has 1 rings (SSSR count). The molecule has 0 radical (unpaired) electrons. The molecule has 0 aliphatic carbocycles. The Kier molecular flexibility index (Phi) is 6.37. The Morgan fingerprint density at radius 3 is 2.17 bits per heavy atom. The van der Waals surface area contributed by atoms with Gasteiger partial charge in [0, 0.05) is 11.0 Å². The van der Waals surface area contributed by atoms with Crippen molar-refractivity contribution in [2.75, 3.05) is 6.54 Å². The highest BCUT2D eigenvalue weighted by Crippen LogP contribution is 2.34. The van der Waals surface area contributed by atoms with Crippen molar-refractivity contribution in [3.05, 3.63) is 29.3 Å². The van der Waals surface area contributed by atoms with E-state index in [1.165, 1.54) is 5.56 Å². The largest absolute Gasteiger partial charge is 0.425 e. The van der Waals surface area contributed by atoms with Gasteiger partial charge in [-0.05, 0) is 23.5 Å². The number of benzene rings is 1. The first-order valence-corrected chi connectivity index (χ1v) is 8.15. The topological polar surface area (TPSA) is 55.4 Å². The van der Waals surface area contributed by atoms with Crippen LogP contribution in [0, 0.1) is 5.41 Å². The van der Waals surface area contributed by atoms with Gasteiger partial charge in [0.25, 0.3) is 0 Å². The molecular formula is C19H29NO3. The molecule has 0 aliphatic heterocycles. The molecule has 0 spiro atoms. The number of rotatable bonds is 5. The van der Waals surface area contributed by atoms with E-state index in [0.717, 1.165) is 5.56 Å². The van der Waals surface area contributed by atoms with Crippen molar-refractivity contribution < 1.29 is 14.3 Å². The third kappa shape index (κ3) is 5.38. The van der Waals surface area contributed by atoms with Crippen LogP contribution in [0.5, 0.6) is 5.75 Å². The summed E-state index contributed by atoms with van der Waals surface area (Å²) in [6.07, 6.45) is 0. The Labute approximate surface area is 139 Å². The van der Waals surface area contributed by atoms with Crippen LogP contribution in [-0.4, -0.2) is 18.4 Å². The number of hydrogen-bond donors (Lipinski definition) is 1. The smallest absolute Gasteiger partial charge is 0.330 e. The lowest BCUT2D eigenvalue weighted by Crippen LogP contribution is -2.39. The quantitative estimate of drug-likeness (QED) is 0.659. The maximum atomic E-state index is 12.1. The molecule has 0 fully saturated rings. The van der Waals surface area contributed by atoms with Crippen LogP contribution in [0.25, 0.3) is 0 Å². The number of nitrogens with one attached hydrogen (secondary N) is 1. The first kappa shape index (κ1) is 19.2. The molecule has 0 heterocycles. The molecule has 0 atom stereocenters. The van der Waals surface area contributed by atoms with Gasteiger partial charge in [0.2, 0.25) is 5.91 Å². The minimum absolute atomic E-state index is 0.125. The molecule has 4 nitrogen and oxygen atoms in total. The SMILES string of the molecule is CC(C)c1cccc(OC(=O)CNC(=O)C(C)(C)C)c1C(C)C. The number of ether oxygens (including phenoxy) is 1. The number of carbonyl (C=O) groups is 2. The van der Waals surface area contributed by atoms with Gasteiger partial charge in [-0.3, -0.25) is 4.79 Å². The van der Waals surface area contributed by atoms with Crippen LogP contribution in [0.3, 0.4) is 0 Å². The zero-order valence-corrected chi connectivity index (χ0v) is 15.3. The predicted molar refractivity (Wildman–Crippen MR) is 92.7 cm³/mol. The molecular weight excluding hydrogens is 290 g/mol. The highest BCUT2D eigenvalue weighted by atomic mass is 16.5. The van der Waals surface area contributed by atoms with Crippen molar-refractivity contribution in [2.45, 2.75) is 60.3 Å². The molecule has 4 heteroatoms. The second-order valence-corrected chi connectivity index (χ2v) is 7.48. The second-order valence-electron chi connectivity index (χ2n) is 7.48. The third-order valence-electron chi connectivity index (χ3n) is 3.60. The third-order valence-corrected chi connectivity index (χ3v) is 3.60. The Balaban J connectivity index is 2.87. The van der Waals surface area contributed by atoms with Crippen LogP contribution < -0.4 is 10.1 Å². The molecule has 0 aliphatic rings. The molecule has 23 heavy (non-hydrogen) atoms. The zero-order valence-electron chi connectivity index (χ0n) is 15.3. The Morgan fingerprint density at radius 2 is 1.70 bits per heavy atom. The van der Waals surface area contributed by atoms with Crippen LogP contribution in [0.1, 0.15) is 71.4 Å². The van der Waals surface area contributed by atoms with Crippen LogP contribution in [0.2, 0.25) is 0 Å². The molecule has 1 amide bonds. The summed E-state index contributed by atoms with van der Waals surface area (Å²) in [5, 5.41) is 2.62. The molecule has 1 N–H and O–H groups in total. The van der Waals surface area contributed by atoms with Gasteiger partial charge in [0.1, 0.15) is 12.3 Å². The van der Waals surface area contributed by atoms with E-state index in [1.807, 2.05) is 12.1 Å². The highest BCUT2D eigenvalue weighted by Gasteiger charge is 2.22. The Morgan fingerprint density at radius 1 is 1.09 bits per heavy atom. The first-order chi connectivity index (χ1) is 10.5. The van der Waals surface area contributed by atoms with E-state index in [9.17, 15) is 9.59 Å². The Bertz CT molecular complexity index is 568. The fourth-order valence-electron chi connectivity index (χ4n) is 2.35. The summed E-state index contributed by atoms with van der Waals surface area (Å²) in [4.78, 5) is 23.9. The van der Waals surface area contributed by atoms with Gasteiger partial charge >= 0.3 is 5.97 Å². The molecule has 128 valence electrons. The van der Waals surface area contributed by atoms with Crippen molar-refractivity contribution in [1.82, 2.24) is 5.32 Å². The van der Waals surface area contributed by atoms with Crippen molar-refractivity contribution >= 4 is 11.9 Å². The predicted octanol–water partition coefficient (Wildman–Crippen LogP) is 4.00. The van der Waals surface area contributed by atoms with E-state index in [-0.39, 0.29) is 18.4 Å². The number of esters is 1. The summed E-state index contributed by atoms with van der Waals surface area (Å²) in [5.41, 5.74) is 1.71. The molecule has 1 aromatic carbocycles. The molecule has 0 aromatic heterocycles. The van der Waals surface area contributed by atoms with Gasteiger partial charge in [-0.2, -0.15) is 0 Å². The maximum Gasteiger partial charge on any atom is 0.330 e. The van der Waals surface area contributed by atoms with Crippen LogP contribution in [0.15, 0.2) is 18.2 Å². The van der Waals surface area contributed by atoms with E-state index in [1.54, 1.807) is 20.8 Å². The standard InChI is InChI=1S/C19H29NO3/c1-12(2)14-9-8-10-15(17(14)13(3)4)23-16(21)11-20-18(22)19(5,6)7/h8-10,12-13H,11H2,1-7H3,(H,20,22). The second kappa shape index (κ2) is 7.62. The van der Waals surface area contributed by atoms with Gasteiger partial charge in [-0.1, -0.05) is 60.6 Å². The van der Waals surface area contributed by atoms with E-state index in [2.05, 4.69) is 39.1 Å². The molecule has 0 saturated carbocycles. The molecule has 0 bridgehead atoms. The lowest BCUT2D eigenvalue weighted by molar-refractivity contribution is -0.137. The van der Waals surface area contributed by atoms with Gasteiger partial charge in [0.05, 0.1) is 0 Å². The summed E-state index contributed by atoms with van der Waals surface area (Å²) in [6, 6.07) is 5.78. The van der Waals surface area contributed by atoms with Crippen molar-refractivity contribution in [2.24, 2.45) is 5.41 Å². The number of carbonyl (C=O) groups excluding carboxylic acids is 2. The first-order valence-electron chi connectivity index (χ1n) is 8.15. The van der Waals surface area contributed by atoms with Crippen LogP contribution in [0.4, 0.5) is 0 Å². The van der Waals surface area contributed by atoms with Gasteiger partial charge in [0.15, 0.2) is 0 Å². The van der Waals surface area contributed by atoms with Crippen molar-refractivity contribution in [1.29, 1.82) is 0 Å². The number of hydrogen-bond acceptors (Lipinski definition) is 3. The van der Waals surface area contributed by atoms with E-state index >= 15 is 0 Å². The van der Waals surface area contributed by atoms with Crippen molar-refractivity contribution in [3.8, 4) is 5.75 Å². The maximum absolute atomic E-state index is 12.1. The fraction of sp³-hybridized carbons (Fsp3) is 0.579. The highest BCUT2D eigenvalue weighted by molar-refractivity contribution is 5.86. The van der Waals surface area contributed by atoms with E-state index in [0.29, 0.717) is 11.7 Å².